The van der Waals surface area contributed by atoms with Gasteiger partial charge in [-0.05, 0) is 38.1 Å². The SMILES string of the molecule is CCn1nc(C)cc1C(=O)Nc1ccc(C#N)cc1N. The van der Waals surface area contributed by atoms with Crippen molar-refractivity contribution >= 4 is 17.3 Å². The van der Waals surface area contributed by atoms with Gasteiger partial charge in [0.05, 0.1) is 28.7 Å². The van der Waals surface area contributed by atoms with Crippen molar-refractivity contribution in [2.75, 3.05) is 11.1 Å². The lowest BCUT2D eigenvalue weighted by Crippen LogP contribution is -2.18. The Labute approximate surface area is 116 Å². The van der Waals surface area contributed by atoms with E-state index >= 15 is 0 Å². The molecule has 6 heteroatoms. The molecule has 6 nitrogen and oxygen atoms in total. The van der Waals surface area contributed by atoms with Crippen LogP contribution in [0.5, 0.6) is 0 Å². The summed E-state index contributed by atoms with van der Waals surface area (Å²) in [5, 5.41) is 15.7. The molecule has 0 bridgehead atoms. The fourth-order valence-corrected chi connectivity index (χ4v) is 1.90. The average molecular weight is 269 g/mol. The standard InChI is InChI=1S/C14H15N5O/c1-3-19-13(6-9(2)18-19)14(20)17-12-5-4-10(8-15)7-11(12)16/h4-7H,3,16H2,1-2H3,(H,17,20). The highest BCUT2D eigenvalue weighted by atomic mass is 16.2. The van der Waals surface area contributed by atoms with Crippen LogP contribution in [0.4, 0.5) is 11.4 Å². The lowest BCUT2D eigenvalue weighted by molar-refractivity contribution is 0.101. The summed E-state index contributed by atoms with van der Waals surface area (Å²) in [6, 6.07) is 8.46. The van der Waals surface area contributed by atoms with E-state index in [0.29, 0.717) is 29.2 Å². The van der Waals surface area contributed by atoms with E-state index in [4.69, 9.17) is 11.0 Å². The zero-order valence-electron chi connectivity index (χ0n) is 11.3. The summed E-state index contributed by atoms with van der Waals surface area (Å²) in [6.07, 6.45) is 0. The number of nitrogens with two attached hydrogens (primary N) is 1. The molecule has 0 saturated carbocycles. The van der Waals surface area contributed by atoms with Crippen molar-refractivity contribution in [3.63, 3.8) is 0 Å². The van der Waals surface area contributed by atoms with Crippen molar-refractivity contribution in [2.45, 2.75) is 20.4 Å². The Morgan fingerprint density at radius 2 is 2.25 bits per heavy atom. The largest absolute Gasteiger partial charge is 0.397 e. The fraction of sp³-hybridized carbons (Fsp3) is 0.214. The van der Waals surface area contributed by atoms with Crippen LogP contribution in [0.1, 0.15) is 28.7 Å². The van der Waals surface area contributed by atoms with Gasteiger partial charge in [-0.1, -0.05) is 0 Å². The van der Waals surface area contributed by atoms with E-state index in [2.05, 4.69) is 10.4 Å². The van der Waals surface area contributed by atoms with Gasteiger partial charge in [0.1, 0.15) is 5.69 Å². The molecular weight excluding hydrogens is 254 g/mol. The number of carbonyl (C=O) groups excluding carboxylic acids is 1. The van der Waals surface area contributed by atoms with Crippen LogP contribution in [-0.2, 0) is 6.54 Å². The Hall–Kier alpha value is -2.81. The van der Waals surface area contributed by atoms with Crippen molar-refractivity contribution in [2.24, 2.45) is 0 Å². The van der Waals surface area contributed by atoms with Gasteiger partial charge < -0.3 is 11.1 Å². The smallest absolute Gasteiger partial charge is 0.273 e. The third-order valence-corrected chi connectivity index (χ3v) is 2.86. The van der Waals surface area contributed by atoms with Crippen molar-refractivity contribution in [3.8, 4) is 6.07 Å². The molecule has 0 spiro atoms. The van der Waals surface area contributed by atoms with Gasteiger partial charge in [-0.15, -0.1) is 0 Å². The molecule has 2 rings (SSSR count). The maximum atomic E-state index is 12.2. The second-order valence-electron chi connectivity index (χ2n) is 4.35. The number of aryl methyl sites for hydroxylation is 2. The van der Waals surface area contributed by atoms with Crippen LogP contribution >= 0.6 is 0 Å². The van der Waals surface area contributed by atoms with E-state index in [1.54, 1.807) is 22.9 Å². The number of amides is 1. The lowest BCUT2D eigenvalue weighted by Gasteiger charge is -2.09. The second-order valence-corrected chi connectivity index (χ2v) is 4.35. The summed E-state index contributed by atoms with van der Waals surface area (Å²) in [5.41, 5.74) is 8.37. The third-order valence-electron chi connectivity index (χ3n) is 2.86. The molecule has 0 aliphatic heterocycles. The Bertz CT molecular complexity index is 696. The maximum absolute atomic E-state index is 12.2. The first kappa shape index (κ1) is 13.6. The van der Waals surface area contributed by atoms with E-state index in [1.165, 1.54) is 6.07 Å². The quantitative estimate of drug-likeness (QED) is 0.832. The minimum absolute atomic E-state index is 0.274. The van der Waals surface area contributed by atoms with Crippen LogP contribution in [0.2, 0.25) is 0 Å². The summed E-state index contributed by atoms with van der Waals surface area (Å²) in [5.74, 6) is -0.274. The maximum Gasteiger partial charge on any atom is 0.273 e. The number of hydrogen-bond acceptors (Lipinski definition) is 4. The van der Waals surface area contributed by atoms with E-state index in [0.717, 1.165) is 5.69 Å². The molecule has 1 aromatic heterocycles. The first-order valence-corrected chi connectivity index (χ1v) is 6.20. The highest BCUT2D eigenvalue weighted by Gasteiger charge is 2.14. The number of anilines is 2. The van der Waals surface area contributed by atoms with E-state index in [9.17, 15) is 4.79 Å². The topological polar surface area (TPSA) is 96.7 Å². The molecule has 1 amide bonds. The van der Waals surface area contributed by atoms with Gasteiger partial charge in [0.2, 0.25) is 0 Å². The Kier molecular flexibility index (Phi) is 3.71. The number of carbonyl (C=O) groups is 1. The van der Waals surface area contributed by atoms with Crippen molar-refractivity contribution < 1.29 is 4.79 Å². The van der Waals surface area contributed by atoms with Crippen LogP contribution < -0.4 is 11.1 Å². The molecule has 0 unspecified atom stereocenters. The van der Waals surface area contributed by atoms with Gasteiger partial charge in [0.15, 0.2) is 0 Å². The molecular formula is C14H15N5O. The Morgan fingerprint density at radius 3 is 2.85 bits per heavy atom. The van der Waals surface area contributed by atoms with Crippen molar-refractivity contribution in [1.82, 2.24) is 9.78 Å². The van der Waals surface area contributed by atoms with Gasteiger partial charge in [0.25, 0.3) is 5.91 Å². The van der Waals surface area contributed by atoms with Crippen LogP contribution in [0.15, 0.2) is 24.3 Å². The monoisotopic (exact) mass is 269 g/mol. The van der Waals surface area contributed by atoms with Crippen LogP contribution in [-0.4, -0.2) is 15.7 Å². The second kappa shape index (κ2) is 5.45. The Balaban J connectivity index is 2.26. The number of aromatic nitrogens is 2. The molecule has 1 aromatic carbocycles. The van der Waals surface area contributed by atoms with Crippen molar-refractivity contribution in [3.05, 3.63) is 41.2 Å². The molecule has 0 fully saturated rings. The molecule has 20 heavy (non-hydrogen) atoms. The van der Waals surface area contributed by atoms with Crippen LogP contribution in [0.3, 0.4) is 0 Å². The molecule has 0 atom stereocenters. The Morgan fingerprint density at radius 1 is 1.50 bits per heavy atom. The van der Waals surface area contributed by atoms with Gasteiger partial charge in [-0.3, -0.25) is 9.48 Å². The lowest BCUT2D eigenvalue weighted by atomic mass is 10.2. The summed E-state index contributed by atoms with van der Waals surface area (Å²) in [6.45, 7) is 4.36. The van der Waals surface area contributed by atoms with E-state index in [-0.39, 0.29) is 5.91 Å². The highest BCUT2D eigenvalue weighted by Crippen LogP contribution is 2.20. The molecule has 2 aromatic rings. The molecule has 0 radical (unpaired) electrons. The first-order valence-electron chi connectivity index (χ1n) is 6.20. The number of nitrogens with zero attached hydrogens (tertiary/aromatic N) is 3. The zero-order chi connectivity index (χ0) is 14.7. The summed E-state index contributed by atoms with van der Waals surface area (Å²) in [7, 11) is 0. The number of rotatable bonds is 3. The summed E-state index contributed by atoms with van der Waals surface area (Å²) >= 11 is 0. The fourth-order valence-electron chi connectivity index (χ4n) is 1.90. The first-order chi connectivity index (χ1) is 9.55. The minimum Gasteiger partial charge on any atom is -0.397 e. The molecule has 102 valence electrons. The minimum atomic E-state index is -0.274. The van der Waals surface area contributed by atoms with Gasteiger partial charge in [-0.25, -0.2) is 0 Å². The van der Waals surface area contributed by atoms with Gasteiger partial charge in [0, 0.05) is 6.54 Å². The normalized spacial score (nSPS) is 10.1. The number of nitrogen functional groups attached to an aromatic ring is 1. The average Bonchev–Trinajstić information content (AvgIpc) is 2.82. The molecule has 0 aliphatic rings. The number of nitriles is 1. The molecule has 0 saturated heterocycles. The van der Waals surface area contributed by atoms with Gasteiger partial charge >= 0.3 is 0 Å². The number of benzene rings is 1. The summed E-state index contributed by atoms with van der Waals surface area (Å²) in [4.78, 5) is 12.2. The summed E-state index contributed by atoms with van der Waals surface area (Å²) < 4.78 is 1.63. The van der Waals surface area contributed by atoms with Crippen LogP contribution in [0, 0.1) is 18.3 Å². The van der Waals surface area contributed by atoms with Crippen LogP contribution in [0.25, 0.3) is 0 Å². The van der Waals surface area contributed by atoms with Crippen molar-refractivity contribution in [1.29, 1.82) is 5.26 Å². The zero-order valence-corrected chi connectivity index (χ0v) is 11.3. The molecule has 0 aliphatic carbocycles. The predicted octanol–water partition coefficient (Wildman–Crippen LogP) is 1.92. The number of hydrogen-bond donors (Lipinski definition) is 2. The highest BCUT2D eigenvalue weighted by molar-refractivity contribution is 6.04. The van der Waals surface area contributed by atoms with E-state index < -0.39 is 0 Å². The third kappa shape index (κ3) is 2.62. The molecule has 1 heterocycles. The molecule has 3 N–H and O–H groups in total. The number of nitrogens with one attached hydrogen (secondary N) is 1. The van der Waals surface area contributed by atoms with E-state index in [1.807, 2.05) is 19.9 Å². The van der Waals surface area contributed by atoms with Gasteiger partial charge in [-0.2, -0.15) is 10.4 Å². The predicted molar refractivity (Wildman–Crippen MR) is 76.2 cm³/mol.